The zero-order valence-electron chi connectivity index (χ0n) is 12.9. The van der Waals surface area contributed by atoms with Gasteiger partial charge in [0.2, 0.25) is 0 Å². The largest absolute Gasteiger partial charge is 0.314 e. The van der Waals surface area contributed by atoms with Crippen LogP contribution in [0.15, 0.2) is 12.1 Å². The van der Waals surface area contributed by atoms with Crippen LogP contribution in [0.3, 0.4) is 0 Å². The van der Waals surface area contributed by atoms with E-state index in [9.17, 15) is 8.78 Å². The maximum Gasteiger partial charge on any atom is 0.142 e. The van der Waals surface area contributed by atoms with Gasteiger partial charge >= 0.3 is 0 Å². The Morgan fingerprint density at radius 2 is 1.61 bits per heavy atom. The Bertz CT molecular complexity index is 504. The third kappa shape index (κ3) is 4.49. The Labute approximate surface area is 153 Å². The molecule has 0 bridgehead atoms. The second kappa shape index (κ2) is 9.38. The van der Waals surface area contributed by atoms with E-state index in [1.54, 1.807) is 0 Å². The summed E-state index contributed by atoms with van der Waals surface area (Å²) in [5.74, 6) is -0.528. The Hall–Kier alpha value is -0.130. The van der Waals surface area contributed by atoms with Crippen molar-refractivity contribution in [3.8, 4) is 0 Å². The summed E-state index contributed by atoms with van der Waals surface area (Å²) in [5.41, 5.74) is 0.366. The summed E-state index contributed by atoms with van der Waals surface area (Å²) in [7, 11) is 0. The van der Waals surface area contributed by atoms with Crippen molar-refractivity contribution in [3.05, 3.63) is 34.4 Å². The van der Waals surface area contributed by atoms with Gasteiger partial charge in [0.15, 0.2) is 0 Å². The van der Waals surface area contributed by atoms with E-state index in [0.717, 1.165) is 45.1 Å². The predicted molar refractivity (Wildman–Crippen MR) is 95.0 cm³/mol. The van der Waals surface area contributed by atoms with E-state index in [0.29, 0.717) is 11.5 Å². The molecule has 1 atom stereocenters. The molecule has 1 aliphatic heterocycles. The number of rotatable bonds is 3. The van der Waals surface area contributed by atoms with Crippen LogP contribution in [0.4, 0.5) is 8.78 Å². The van der Waals surface area contributed by atoms with Gasteiger partial charge in [-0.15, -0.1) is 24.8 Å². The first-order chi connectivity index (χ1) is 10.2. The standard InChI is InChI=1S/C16H21ClF2N2.2ClH/c17-15-13(19)6-5-12(18)14(15)16(11-3-1-2-4-11)21-9-7-20-8-10-21;;/h5-6,11,16,20H,1-4,7-10H2;2*1H/t16-;;/m0../s1. The lowest BCUT2D eigenvalue weighted by Gasteiger charge is -2.39. The number of nitrogens with zero attached hydrogens (tertiary/aromatic N) is 1. The maximum atomic E-state index is 14.4. The van der Waals surface area contributed by atoms with Crippen LogP contribution in [-0.4, -0.2) is 31.1 Å². The van der Waals surface area contributed by atoms with Gasteiger partial charge in [0.25, 0.3) is 0 Å². The fourth-order valence-corrected chi connectivity index (χ4v) is 4.03. The second-order valence-corrected chi connectivity index (χ2v) is 6.41. The molecule has 3 rings (SSSR count). The summed E-state index contributed by atoms with van der Waals surface area (Å²) in [6.07, 6.45) is 4.48. The fourth-order valence-electron chi connectivity index (χ4n) is 3.76. The molecule has 1 saturated carbocycles. The van der Waals surface area contributed by atoms with Crippen LogP contribution in [-0.2, 0) is 0 Å². The first-order valence-electron chi connectivity index (χ1n) is 7.76. The smallest absolute Gasteiger partial charge is 0.142 e. The first-order valence-corrected chi connectivity index (χ1v) is 8.14. The van der Waals surface area contributed by atoms with E-state index < -0.39 is 5.82 Å². The van der Waals surface area contributed by atoms with Gasteiger partial charge in [0.1, 0.15) is 11.6 Å². The molecule has 132 valence electrons. The number of nitrogens with one attached hydrogen (secondary N) is 1. The molecule has 2 fully saturated rings. The highest BCUT2D eigenvalue weighted by Gasteiger charge is 2.35. The van der Waals surface area contributed by atoms with Crippen LogP contribution < -0.4 is 5.32 Å². The van der Waals surface area contributed by atoms with Crippen molar-refractivity contribution in [1.29, 1.82) is 0 Å². The van der Waals surface area contributed by atoms with Crippen molar-refractivity contribution in [2.45, 2.75) is 31.7 Å². The summed E-state index contributed by atoms with van der Waals surface area (Å²) >= 11 is 6.13. The minimum atomic E-state index is -0.522. The Morgan fingerprint density at radius 1 is 1.04 bits per heavy atom. The summed E-state index contributed by atoms with van der Waals surface area (Å²) in [4.78, 5) is 2.27. The minimum absolute atomic E-state index is 0. The summed E-state index contributed by atoms with van der Waals surface area (Å²) < 4.78 is 28.2. The van der Waals surface area contributed by atoms with Crippen LogP contribution in [0.2, 0.25) is 5.02 Å². The highest BCUT2D eigenvalue weighted by Crippen LogP contribution is 2.43. The van der Waals surface area contributed by atoms with Crippen LogP contribution in [0, 0.1) is 17.6 Å². The molecule has 0 amide bonds. The van der Waals surface area contributed by atoms with Gasteiger partial charge in [0.05, 0.1) is 5.02 Å². The Kier molecular flexibility index (Phi) is 8.53. The highest BCUT2D eigenvalue weighted by molar-refractivity contribution is 6.31. The van der Waals surface area contributed by atoms with Crippen molar-refractivity contribution >= 4 is 36.4 Å². The molecule has 23 heavy (non-hydrogen) atoms. The number of hydrogen-bond donors (Lipinski definition) is 1. The van der Waals surface area contributed by atoms with Crippen molar-refractivity contribution in [1.82, 2.24) is 10.2 Å². The van der Waals surface area contributed by atoms with E-state index in [-0.39, 0.29) is 41.7 Å². The average molecular weight is 388 g/mol. The number of hydrogen-bond acceptors (Lipinski definition) is 2. The van der Waals surface area contributed by atoms with Crippen molar-refractivity contribution < 1.29 is 8.78 Å². The third-order valence-electron chi connectivity index (χ3n) is 4.77. The molecule has 0 aromatic heterocycles. The third-order valence-corrected chi connectivity index (χ3v) is 5.15. The quantitative estimate of drug-likeness (QED) is 0.763. The molecule has 1 aliphatic carbocycles. The second-order valence-electron chi connectivity index (χ2n) is 6.03. The zero-order valence-corrected chi connectivity index (χ0v) is 15.3. The molecule has 7 heteroatoms. The van der Waals surface area contributed by atoms with Gasteiger partial charge in [0, 0.05) is 37.8 Å². The number of halogens is 5. The molecule has 1 heterocycles. The molecule has 2 nitrogen and oxygen atoms in total. The van der Waals surface area contributed by atoms with Gasteiger partial charge in [-0.3, -0.25) is 4.90 Å². The molecule has 0 unspecified atom stereocenters. The van der Waals surface area contributed by atoms with E-state index in [1.165, 1.54) is 18.9 Å². The van der Waals surface area contributed by atoms with Crippen molar-refractivity contribution in [2.75, 3.05) is 26.2 Å². The maximum absolute atomic E-state index is 14.4. The van der Waals surface area contributed by atoms with Gasteiger partial charge in [-0.2, -0.15) is 0 Å². The van der Waals surface area contributed by atoms with Gasteiger partial charge in [-0.25, -0.2) is 8.78 Å². The van der Waals surface area contributed by atoms with E-state index in [4.69, 9.17) is 11.6 Å². The molecule has 1 saturated heterocycles. The van der Waals surface area contributed by atoms with Crippen LogP contribution in [0.1, 0.15) is 37.3 Å². The monoisotopic (exact) mass is 386 g/mol. The zero-order chi connectivity index (χ0) is 14.8. The lowest BCUT2D eigenvalue weighted by atomic mass is 9.89. The Balaban J connectivity index is 0.00000132. The molecule has 1 N–H and O–H groups in total. The summed E-state index contributed by atoms with van der Waals surface area (Å²) in [6.45, 7) is 3.48. The normalized spacial score (nSPS) is 20.7. The van der Waals surface area contributed by atoms with Gasteiger partial charge in [-0.1, -0.05) is 24.4 Å². The van der Waals surface area contributed by atoms with E-state index >= 15 is 0 Å². The van der Waals surface area contributed by atoms with Gasteiger partial charge in [-0.05, 0) is 30.9 Å². The van der Waals surface area contributed by atoms with E-state index in [1.807, 2.05) is 0 Å². The Morgan fingerprint density at radius 3 is 2.22 bits per heavy atom. The summed E-state index contributed by atoms with van der Waals surface area (Å²) in [6, 6.07) is 2.23. The molecule has 1 aromatic rings. The molecule has 0 radical (unpaired) electrons. The minimum Gasteiger partial charge on any atom is -0.314 e. The lowest BCUT2D eigenvalue weighted by molar-refractivity contribution is 0.122. The lowest BCUT2D eigenvalue weighted by Crippen LogP contribution is -2.47. The topological polar surface area (TPSA) is 15.3 Å². The SMILES string of the molecule is Cl.Cl.Fc1ccc(F)c([C@H](C2CCCC2)N2CCNCC2)c1Cl. The van der Waals surface area contributed by atoms with Crippen molar-refractivity contribution in [3.63, 3.8) is 0 Å². The number of benzene rings is 1. The summed E-state index contributed by atoms with van der Waals surface area (Å²) in [5, 5.41) is 3.27. The molecular weight excluding hydrogens is 365 g/mol. The van der Waals surface area contributed by atoms with E-state index in [2.05, 4.69) is 10.2 Å². The van der Waals surface area contributed by atoms with Gasteiger partial charge < -0.3 is 5.32 Å². The van der Waals surface area contributed by atoms with Crippen LogP contribution in [0.5, 0.6) is 0 Å². The molecule has 0 spiro atoms. The highest BCUT2D eigenvalue weighted by atomic mass is 35.5. The predicted octanol–water partition coefficient (Wildman–Crippen LogP) is 4.60. The number of piperazine rings is 1. The molecule has 1 aromatic carbocycles. The average Bonchev–Trinajstić information content (AvgIpc) is 3.02. The molecule has 2 aliphatic rings. The van der Waals surface area contributed by atoms with Crippen LogP contribution >= 0.6 is 36.4 Å². The van der Waals surface area contributed by atoms with Crippen LogP contribution in [0.25, 0.3) is 0 Å². The molecular formula is C16H23Cl3F2N2. The fraction of sp³-hybridized carbons (Fsp3) is 0.625. The first kappa shape index (κ1) is 20.9. The van der Waals surface area contributed by atoms with Crippen molar-refractivity contribution in [2.24, 2.45) is 5.92 Å².